The van der Waals surface area contributed by atoms with Gasteiger partial charge < -0.3 is 10.5 Å². The Labute approximate surface area is 104 Å². The van der Waals surface area contributed by atoms with Crippen LogP contribution in [-0.4, -0.2) is 0 Å². The van der Waals surface area contributed by atoms with E-state index < -0.39 is 17.4 Å². The summed E-state index contributed by atoms with van der Waals surface area (Å²) in [4.78, 5) is 0. The number of rotatable bonds is 2. The second kappa shape index (κ2) is 4.64. The molecule has 0 saturated heterocycles. The van der Waals surface area contributed by atoms with Gasteiger partial charge in [0.05, 0.1) is 0 Å². The molecule has 2 aromatic rings. The van der Waals surface area contributed by atoms with Crippen LogP contribution in [0.25, 0.3) is 0 Å². The van der Waals surface area contributed by atoms with E-state index in [-0.39, 0.29) is 5.69 Å². The Morgan fingerprint density at radius 2 is 1.56 bits per heavy atom. The quantitative estimate of drug-likeness (QED) is 0.818. The molecule has 94 valence electrons. The molecule has 0 amide bonds. The largest absolute Gasteiger partial charge is 0.451 e. The van der Waals surface area contributed by atoms with Gasteiger partial charge >= 0.3 is 0 Å². The summed E-state index contributed by atoms with van der Waals surface area (Å²) in [6.07, 6.45) is 0. The Balaban J connectivity index is 2.37. The van der Waals surface area contributed by atoms with Crippen molar-refractivity contribution in [3.63, 3.8) is 0 Å². The number of anilines is 1. The number of ether oxygens (including phenoxy) is 1. The average molecular weight is 249 g/mol. The lowest BCUT2D eigenvalue weighted by atomic mass is 10.1. The van der Waals surface area contributed by atoms with Crippen molar-refractivity contribution in [3.8, 4) is 11.5 Å². The molecule has 0 aromatic heterocycles. The molecule has 18 heavy (non-hydrogen) atoms. The van der Waals surface area contributed by atoms with Crippen LogP contribution in [0.3, 0.4) is 0 Å². The highest BCUT2D eigenvalue weighted by atomic mass is 19.1. The molecule has 4 heteroatoms. The van der Waals surface area contributed by atoms with Gasteiger partial charge in [0.25, 0.3) is 0 Å². The molecule has 0 aliphatic rings. The van der Waals surface area contributed by atoms with E-state index in [1.54, 1.807) is 12.1 Å². The van der Waals surface area contributed by atoms with E-state index >= 15 is 0 Å². The van der Waals surface area contributed by atoms with Crippen LogP contribution in [0.4, 0.5) is 14.5 Å². The third-order valence-corrected chi connectivity index (χ3v) is 2.72. The van der Waals surface area contributed by atoms with Crippen molar-refractivity contribution in [2.24, 2.45) is 0 Å². The summed E-state index contributed by atoms with van der Waals surface area (Å²) in [7, 11) is 0. The van der Waals surface area contributed by atoms with Crippen molar-refractivity contribution in [1.82, 2.24) is 0 Å². The molecule has 0 aliphatic heterocycles. The van der Waals surface area contributed by atoms with Crippen LogP contribution in [-0.2, 0) is 0 Å². The van der Waals surface area contributed by atoms with Gasteiger partial charge in [0, 0.05) is 17.8 Å². The number of hydrogen-bond donors (Lipinski definition) is 1. The van der Waals surface area contributed by atoms with Crippen LogP contribution >= 0.6 is 0 Å². The molecule has 2 rings (SSSR count). The monoisotopic (exact) mass is 249 g/mol. The second-order valence-electron chi connectivity index (χ2n) is 4.16. The van der Waals surface area contributed by atoms with Crippen molar-refractivity contribution < 1.29 is 13.5 Å². The van der Waals surface area contributed by atoms with Crippen LogP contribution in [0.5, 0.6) is 11.5 Å². The first-order chi connectivity index (χ1) is 8.47. The van der Waals surface area contributed by atoms with Gasteiger partial charge in [-0.1, -0.05) is 6.07 Å². The van der Waals surface area contributed by atoms with Gasteiger partial charge in [-0.2, -0.15) is 0 Å². The van der Waals surface area contributed by atoms with Gasteiger partial charge in [-0.05, 0) is 37.1 Å². The van der Waals surface area contributed by atoms with Crippen molar-refractivity contribution >= 4 is 5.69 Å². The molecule has 2 nitrogen and oxygen atoms in total. The van der Waals surface area contributed by atoms with E-state index in [4.69, 9.17) is 10.5 Å². The molecule has 0 aliphatic carbocycles. The van der Waals surface area contributed by atoms with Crippen LogP contribution in [0.1, 0.15) is 11.1 Å². The molecule has 2 aromatic carbocycles. The zero-order valence-electron chi connectivity index (χ0n) is 10.1. The standard InChI is InChI=1S/C14H13F2NO/c1-8-3-4-11(5-9(8)2)18-14-12(15)6-10(17)7-13(14)16/h3-7H,17H2,1-2H3. The lowest BCUT2D eigenvalue weighted by molar-refractivity contribution is 0.407. The van der Waals surface area contributed by atoms with Gasteiger partial charge in [0.2, 0.25) is 0 Å². The van der Waals surface area contributed by atoms with E-state index in [1.807, 2.05) is 19.9 Å². The van der Waals surface area contributed by atoms with Crippen LogP contribution < -0.4 is 10.5 Å². The molecule has 0 atom stereocenters. The van der Waals surface area contributed by atoms with E-state index in [2.05, 4.69) is 0 Å². The van der Waals surface area contributed by atoms with Crippen LogP contribution in [0.15, 0.2) is 30.3 Å². The molecule has 0 radical (unpaired) electrons. The summed E-state index contributed by atoms with van der Waals surface area (Å²) in [5.41, 5.74) is 7.43. The molecule has 0 unspecified atom stereocenters. The Morgan fingerprint density at radius 1 is 0.944 bits per heavy atom. The summed E-state index contributed by atoms with van der Waals surface area (Å²) >= 11 is 0. The molecule has 0 heterocycles. The lowest BCUT2D eigenvalue weighted by Gasteiger charge is -2.10. The predicted octanol–water partition coefficient (Wildman–Crippen LogP) is 3.96. The zero-order valence-corrected chi connectivity index (χ0v) is 10.1. The Morgan fingerprint density at radius 3 is 2.11 bits per heavy atom. The van der Waals surface area contributed by atoms with Crippen molar-refractivity contribution in [3.05, 3.63) is 53.1 Å². The summed E-state index contributed by atoms with van der Waals surface area (Å²) in [5, 5.41) is 0. The van der Waals surface area contributed by atoms with E-state index in [9.17, 15) is 8.78 Å². The normalized spacial score (nSPS) is 10.4. The molecule has 2 N–H and O–H groups in total. The van der Waals surface area contributed by atoms with Gasteiger partial charge in [-0.15, -0.1) is 0 Å². The number of hydrogen-bond acceptors (Lipinski definition) is 2. The van der Waals surface area contributed by atoms with Gasteiger partial charge in [-0.3, -0.25) is 0 Å². The fourth-order valence-corrected chi connectivity index (χ4v) is 1.57. The maximum atomic E-state index is 13.5. The average Bonchev–Trinajstić information content (AvgIpc) is 2.28. The van der Waals surface area contributed by atoms with E-state index in [0.717, 1.165) is 23.3 Å². The number of benzene rings is 2. The predicted molar refractivity (Wildman–Crippen MR) is 66.8 cm³/mol. The SMILES string of the molecule is Cc1ccc(Oc2c(F)cc(N)cc2F)cc1C. The minimum absolute atomic E-state index is 0.0254. The van der Waals surface area contributed by atoms with E-state index in [0.29, 0.717) is 5.75 Å². The minimum atomic E-state index is -0.814. The van der Waals surface area contributed by atoms with Crippen molar-refractivity contribution in [2.45, 2.75) is 13.8 Å². The Bertz CT molecular complexity index is 573. The summed E-state index contributed by atoms with van der Waals surface area (Å²) in [6, 6.07) is 7.28. The topological polar surface area (TPSA) is 35.2 Å². The van der Waals surface area contributed by atoms with Crippen LogP contribution in [0.2, 0.25) is 0 Å². The van der Waals surface area contributed by atoms with Gasteiger partial charge in [0.15, 0.2) is 17.4 Å². The fourth-order valence-electron chi connectivity index (χ4n) is 1.57. The number of nitrogen functional groups attached to an aromatic ring is 1. The maximum Gasteiger partial charge on any atom is 0.198 e. The highest BCUT2D eigenvalue weighted by Gasteiger charge is 2.13. The van der Waals surface area contributed by atoms with Gasteiger partial charge in [-0.25, -0.2) is 8.78 Å². The second-order valence-corrected chi connectivity index (χ2v) is 4.16. The third-order valence-electron chi connectivity index (χ3n) is 2.72. The minimum Gasteiger partial charge on any atom is -0.451 e. The smallest absolute Gasteiger partial charge is 0.198 e. The first kappa shape index (κ1) is 12.4. The number of nitrogens with two attached hydrogens (primary N) is 1. The first-order valence-corrected chi connectivity index (χ1v) is 5.47. The van der Waals surface area contributed by atoms with Gasteiger partial charge in [0.1, 0.15) is 5.75 Å². The first-order valence-electron chi connectivity index (χ1n) is 5.47. The number of halogens is 2. The zero-order chi connectivity index (χ0) is 13.3. The summed E-state index contributed by atoms with van der Waals surface area (Å²) in [5.74, 6) is -1.68. The maximum absolute atomic E-state index is 13.5. The molecule has 0 bridgehead atoms. The summed E-state index contributed by atoms with van der Waals surface area (Å²) in [6.45, 7) is 3.85. The molecule has 0 fully saturated rings. The molecule has 0 spiro atoms. The fraction of sp³-hybridized carbons (Fsp3) is 0.143. The van der Waals surface area contributed by atoms with E-state index in [1.165, 1.54) is 0 Å². The lowest BCUT2D eigenvalue weighted by Crippen LogP contribution is -1.96. The van der Waals surface area contributed by atoms with Crippen LogP contribution in [0, 0.1) is 25.5 Å². The van der Waals surface area contributed by atoms with Crippen molar-refractivity contribution in [2.75, 3.05) is 5.73 Å². The molecular formula is C14H13F2NO. The Hall–Kier alpha value is -2.10. The third kappa shape index (κ3) is 2.42. The highest BCUT2D eigenvalue weighted by Crippen LogP contribution is 2.30. The molecular weight excluding hydrogens is 236 g/mol. The summed E-state index contributed by atoms with van der Waals surface area (Å²) < 4.78 is 32.3. The number of aryl methyl sites for hydroxylation is 2. The molecule has 0 saturated carbocycles. The van der Waals surface area contributed by atoms with Crippen molar-refractivity contribution in [1.29, 1.82) is 0 Å². The highest BCUT2D eigenvalue weighted by molar-refractivity contribution is 5.46. The Kier molecular flexibility index (Phi) is 3.19.